The number of aliphatic imine (C=N–C) groups is 1. The number of allylic oxidation sites excluding steroid dienone is 1. The van der Waals surface area contributed by atoms with E-state index in [1.165, 1.54) is 6.08 Å². The molecule has 0 saturated carbocycles. The average molecular weight is 554 g/mol. The summed E-state index contributed by atoms with van der Waals surface area (Å²) in [7, 11) is 0. The first kappa shape index (κ1) is 29.5. The molecule has 0 bridgehead atoms. The maximum atomic E-state index is 13.2. The van der Waals surface area contributed by atoms with E-state index in [1.54, 1.807) is 12.1 Å². The highest BCUT2D eigenvalue weighted by Crippen LogP contribution is 2.28. The van der Waals surface area contributed by atoms with Gasteiger partial charge in [0.05, 0.1) is 17.0 Å². The Hall–Kier alpha value is -5.51. The Morgan fingerprint density at radius 2 is 1.62 bits per heavy atom. The van der Waals surface area contributed by atoms with E-state index in [0.29, 0.717) is 22.6 Å². The van der Waals surface area contributed by atoms with Crippen LogP contribution in [0.3, 0.4) is 0 Å². The topological polar surface area (TPSA) is 71.0 Å². The van der Waals surface area contributed by atoms with Gasteiger partial charge in [-0.3, -0.25) is 14.9 Å². The lowest BCUT2D eigenvalue weighted by Gasteiger charge is -2.22. The number of hydrogen-bond acceptors (Lipinski definition) is 5. The van der Waals surface area contributed by atoms with Gasteiger partial charge in [0.1, 0.15) is 11.9 Å². The highest BCUT2D eigenvalue weighted by Gasteiger charge is 2.28. The molecule has 6 nitrogen and oxygen atoms in total. The van der Waals surface area contributed by atoms with E-state index in [4.69, 9.17) is 9.73 Å². The molecular formula is C36H31N3O3. The van der Waals surface area contributed by atoms with Crippen LogP contribution >= 0.6 is 0 Å². The van der Waals surface area contributed by atoms with Gasteiger partial charge >= 0.3 is 0 Å². The van der Waals surface area contributed by atoms with E-state index in [2.05, 4.69) is 66.0 Å². The molecule has 0 radical (unpaired) electrons. The summed E-state index contributed by atoms with van der Waals surface area (Å²) >= 11 is 0. The summed E-state index contributed by atoms with van der Waals surface area (Å²) in [6.07, 6.45) is 4.04. The number of carbonyl (C=O) groups is 2. The first-order valence-corrected chi connectivity index (χ1v) is 13.7. The fourth-order valence-electron chi connectivity index (χ4n) is 4.54. The van der Waals surface area contributed by atoms with Gasteiger partial charge in [-0.05, 0) is 76.1 Å². The molecule has 3 aromatic carbocycles. The minimum atomic E-state index is -0.630. The fourth-order valence-corrected chi connectivity index (χ4v) is 4.54. The molecular weight excluding hydrogens is 522 g/mol. The quantitative estimate of drug-likeness (QED) is 0.237. The Balaban J connectivity index is 1.51. The monoisotopic (exact) mass is 553 g/mol. The third-order valence-corrected chi connectivity index (χ3v) is 6.74. The van der Waals surface area contributed by atoms with Crippen LogP contribution in [0.2, 0.25) is 0 Å². The summed E-state index contributed by atoms with van der Waals surface area (Å²) in [5, 5.41) is 2.44. The van der Waals surface area contributed by atoms with E-state index in [-0.39, 0.29) is 5.57 Å². The zero-order valence-electron chi connectivity index (χ0n) is 24.4. The molecule has 0 saturated heterocycles. The van der Waals surface area contributed by atoms with Crippen molar-refractivity contribution < 1.29 is 14.3 Å². The second-order valence-corrected chi connectivity index (χ2v) is 9.63. The first-order valence-electron chi connectivity index (χ1n) is 13.7. The van der Waals surface area contributed by atoms with Crippen LogP contribution in [0.25, 0.3) is 0 Å². The number of amides is 1. The molecule has 42 heavy (non-hydrogen) atoms. The Labute approximate surface area is 247 Å². The highest BCUT2D eigenvalue weighted by atomic mass is 16.5. The molecule has 6 heteroatoms. The second-order valence-electron chi connectivity index (χ2n) is 9.63. The highest BCUT2D eigenvalue weighted by molar-refractivity contribution is 6.35. The van der Waals surface area contributed by atoms with Gasteiger partial charge in [0.15, 0.2) is 5.78 Å². The van der Waals surface area contributed by atoms with Crippen LogP contribution in [0, 0.1) is 56.6 Å². The number of Topliss-reactive ketones (excluding diaryl/α,β-unsaturated/α-hetero) is 1. The van der Waals surface area contributed by atoms with Gasteiger partial charge in [-0.15, -0.1) is 0 Å². The number of rotatable bonds is 6. The number of benzene rings is 3. The molecule has 0 aromatic heterocycles. The standard InChI is InChI=1S/C36H31N3O3/c1-6-39(7-2)28-17-18-32(26(4)23-28)38-33-24-31(35(40)30-15-11-10-14-29(30)33)36(41)37-20-12-8-9-13-21-42-34-19-16-25(3)22-27(34)5/h10-11,14-19,22-24H,6-7H2,1-5H3,(H,37,41). The molecule has 0 aliphatic heterocycles. The summed E-state index contributed by atoms with van der Waals surface area (Å²) in [5.74, 6) is 9.81. The number of carbonyl (C=O) groups excluding carboxylic acids is 2. The SMILES string of the molecule is CCN(CC)c1ccc(N=C2C=C(C(=O)NC#CC#CC#COc3ccc(C)cc3C)C(=O)c3ccccc32)c(C)c1. The fraction of sp³-hybridized carbons (Fsp3) is 0.194. The summed E-state index contributed by atoms with van der Waals surface area (Å²) < 4.78 is 5.40. The van der Waals surface area contributed by atoms with Crippen molar-refractivity contribution in [3.05, 3.63) is 100 Å². The lowest BCUT2D eigenvalue weighted by atomic mass is 9.88. The van der Waals surface area contributed by atoms with Crippen LogP contribution < -0.4 is 15.0 Å². The summed E-state index contributed by atoms with van der Waals surface area (Å²) in [6, 6.07) is 21.5. The van der Waals surface area contributed by atoms with Gasteiger partial charge in [0, 0.05) is 59.6 Å². The van der Waals surface area contributed by atoms with Gasteiger partial charge in [-0.2, -0.15) is 0 Å². The van der Waals surface area contributed by atoms with Gasteiger partial charge in [-0.25, -0.2) is 4.99 Å². The first-order chi connectivity index (χ1) is 20.3. The van der Waals surface area contributed by atoms with Crippen molar-refractivity contribution in [2.24, 2.45) is 4.99 Å². The van der Waals surface area contributed by atoms with Crippen molar-refractivity contribution in [1.29, 1.82) is 0 Å². The van der Waals surface area contributed by atoms with Crippen LogP contribution in [0.5, 0.6) is 5.75 Å². The van der Waals surface area contributed by atoms with Crippen molar-refractivity contribution in [2.45, 2.75) is 34.6 Å². The Morgan fingerprint density at radius 3 is 2.33 bits per heavy atom. The summed E-state index contributed by atoms with van der Waals surface area (Å²) in [5.41, 5.74) is 6.56. The average Bonchev–Trinajstić information content (AvgIpc) is 2.98. The predicted octanol–water partition coefficient (Wildman–Crippen LogP) is 5.82. The number of aryl methyl sites for hydroxylation is 3. The third kappa shape index (κ3) is 6.97. The van der Waals surface area contributed by atoms with Crippen LogP contribution in [0.15, 0.2) is 77.3 Å². The largest absolute Gasteiger partial charge is 0.406 e. The molecule has 1 aliphatic rings. The van der Waals surface area contributed by atoms with Crippen LogP contribution in [0.1, 0.15) is 46.5 Å². The van der Waals surface area contributed by atoms with Crippen molar-refractivity contribution in [2.75, 3.05) is 18.0 Å². The predicted molar refractivity (Wildman–Crippen MR) is 168 cm³/mol. The molecule has 0 atom stereocenters. The maximum Gasteiger partial charge on any atom is 0.266 e. The zero-order valence-corrected chi connectivity index (χ0v) is 24.4. The van der Waals surface area contributed by atoms with Crippen LogP contribution in [0.4, 0.5) is 11.4 Å². The number of ether oxygens (including phenoxy) is 1. The van der Waals surface area contributed by atoms with Crippen molar-refractivity contribution in [3.63, 3.8) is 0 Å². The Morgan fingerprint density at radius 1 is 0.881 bits per heavy atom. The van der Waals surface area contributed by atoms with E-state index >= 15 is 0 Å². The Bertz CT molecular complexity index is 1790. The lowest BCUT2D eigenvalue weighted by molar-refractivity contribution is -0.116. The molecule has 3 aromatic rings. The number of anilines is 1. The summed E-state index contributed by atoms with van der Waals surface area (Å²) in [4.78, 5) is 33.2. The van der Waals surface area contributed by atoms with Crippen molar-refractivity contribution >= 4 is 28.8 Å². The number of fused-ring (bicyclic) bond motifs is 1. The summed E-state index contributed by atoms with van der Waals surface area (Å²) in [6.45, 7) is 12.0. The van der Waals surface area contributed by atoms with E-state index in [0.717, 1.165) is 41.2 Å². The molecule has 4 rings (SSSR count). The molecule has 0 unspecified atom stereocenters. The molecule has 1 amide bonds. The Kier molecular flexibility index (Phi) is 9.62. The van der Waals surface area contributed by atoms with Crippen molar-refractivity contribution in [3.8, 4) is 41.6 Å². The number of hydrogen-bond donors (Lipinski definition) is 1. The van der Waals surface area contributed by atoms with Crippen LogP contribution in [-0.4, -0.2) is 30.5 Å². The molecule has 1 N–H and O–H groups in total. The normalized spacial score (nSPS) is 12.4. The third-order valence-electron chi connectivity index (χ3n) is 6.74. The smallest absolute Gasteiger partial charge is 0.266 e. The molecule has 208 valence electrons. The molecule has 1 aliphatic carbocycles. The maximum absolute atomic E-state index is 13.2. The number of ketones is 1. The van der Waals surface area contributed by atoms with E-state index in [9.17, 15) is 9.59 Å². The van der Waals surface area contributed by atoms with Gasteiger partial charge in [-0.1, -0.05) is 42.0 Å². The molecule has 0 heterocycles. The van der Waals surface area contributed by atoms with Gasteiger partial charge in [0.2, 0.25) is 0 Å². The van der Waals surface area contributed by atoms with Gasteiger partial charge in [0.25, 0.3) is 5.91 Å². The van der Waals surface area contributed by atoms with E-state index in [1.807, 2.05) is 63.2 Å². The van der Waals surface area contributed by atoms with E-state index < -0.39 is 11.7 Å². The molecule has 0 fully saturated rings. The second kappa shape index (κ2) is 13.7. The number of nitrogens with zero attached hydrogens (tertiary/aromatic N) is 2. The zero-order chi connectivity index (χ0) is 30.1. The lowest BCUT2D eigenvalue weighted by Crippen LogP contribution is -2.29. The minimum absolute atomic E-state index is 0.0474. The molecule has 0 spiro atoms. The van der Waals surface area contributed by atoms with Gasteiger partial charge < -0.3 is 9.64 Å². The van der Waals surface area contributed by atoms with Crippen LogP contribution in [-0.2, 0) is 4.79 Å². The van der Waals surface area contributed by atoms with Crippen molar-refractivity contribution in [1.82, 2.24) is 5.32 Å². The number of nitrogens with one attached hydrogen (secondary N) is 1. The minimum Gasteiger partial charge on any atom is -0.406 e.